The van der Waals surface area contributed by atoms with E-state index < -0.39 is 0 Å². The number of hydrogen-bond donors (Lipinski definition) is 1. The Balaban J connectivity index is 1.31. The van der Waals surface area contributed by atoms with Gasteiger partial charge in [0.2, 0.25) is 11.8 Å². The summed E-state index contributed by atoms with van der Waals surface area (Å²) < 4.78 is 0.817. The molecule has 2 heterocycles. The van der Waals surface area contributed by atoms with E-state index >= 15 is 0 Å². The van der Waals surface area contributed by atoms with Crippen LogP contribution in [0.2, 0.25) is 0 Å². The third-order valence-corrected chi connectivity index (χ3v) is 6.78. The lowest BCUT2D eigenvalue weighted by molar-refractivity contribution is -0.129. The largest absolute Gasteiger partial charge is 0.342 e. The molecule has 0 bridgehead atoms. The first-order chi connectivity index (χ1) is 13.7. The smallest absolute Gasteiger partial charge is 0.234 e. The molecule has 0 radical (unpaired) electrons. The van der Waals surface area contributed by atoms with Gasteiger partial charge in [-0.2, -0.15) is 0 Å². The van der Waals surface area contributed by atoms with Crippen LogP contribution in [0.3, 0.4) is 0 Å². The molecular formula is C21H21N3O2S2. The molecule has 0 atom stereocenters. The van der Waals surface area contributed by atoms with Gasteiger partial charge >= 0.3 is 0 Å². The van der Waals surface area contributed by atoms with Crippen molar-refractivity contribution in [3.63, 3.8) is 0 Å². The molecule has 0 saturated carbocycles. The van der Waals surface area contributed by atoms with Crippen LogP contribution in [-0.4, -0.2) is 40.5 Å². The Hall–Kier alpha value is -2.38. The molecule has 5 nitrogen and oxygen atoms in total. The first-order valence-corrected chi connectivity index (χ1v) is 11.2. The lowest BCUT2D eigenvalue weighted by atomic mass is 10.1. The molecule has 3 aromatic rings. The average Bonchev–Trinajstić information content (AvgIpc) is 3.39. The third kappa shape index (κ3) is 4.54. The molecule has 1 aliphatic rings. The number of carbonyl (C=O) groups excluding carboxylic acids is 2. The molecule has 7 heteroatoms. The summed E-state index contributed by atoms with van der Waals surface area (Å²) in [4.78, 5) is 31.0. The van der Waals surface area contributed by atoms with Crippen molar-refractivity contribution in [3.8, 4) is 0 Å². The number of thioether (sulfide) groups is 1. The summed E-state index contributed by atoms with van der Waals surface area (Å²) in [7, 11) is 0. The molecule has 1 N–H and O–H groups in total. The van der Waals surface area contributed by atoms with Crippen LogP contribution < -0.4 is 5.32 Å². The van der Waals surface area contributed by atoms with E-state index in [1.54, 1.807) is 0 Å². The fraction of sp³-hybridized carbons (Fsp3) is 0.286. The van der Waals surface area contributed by atoms with E-state index in [4.69, 9.17) is 0 Å². The summed E-state index contributed by atoms with van der Waals surface area (Å²) >= 11 is 2.89. The van der Waals surface area contributed by atoms with Crippen LogP contribution in [0.1, 0.15) is 18.5 Å². The summed E-state index contributed by atoms with van der Waals surface area (Å²) in [5, 5.41) is 7.03. The Kier molecular flexibility index (Phi) is 5.92. The minimum Gasteiger partial charge on any atom is -0.342 e. The number of fused-ring (bicyclic) bond motifs is 1. The number of nitrogens with one attached hydrogen (secondary N) is 1. The highest BCUT2D eigenvalue weighted by Gasteiger charge is 2.19. The molecule has 2 amide bonds. The fourth-order valence-electron chi connectivity index (χ4n) is 3.32. The highest BCUT2D eigenvalue weighted by atomic mass is 32.2. The van der Waals surface area contributed by atoms with E-state index in [9.17, 15) is 9.59 Å². The summed E-state index contributed by atoms with van der Waals surface area (Å²) in [5.41, 5.74) is 1.61. The van der Waals surface area contributed by atoms with Crippen molar-refractivity contribution in [2.24, 2.45) is 0 Å². The Bertz CT molecular complexity index is 991. The molecule has 144 valence electrons. The van der Waals surface area contributed by atoms with Crippen molar-refractivity contribution in [2.75, 3.05) is 24.2 Å². The van der Waals surface area contributed by atoms with Crippen LogP contribution in [0.4, 0.5) is 5.69 Å². The zero-order chi connectivity index (χ0) is 19.3. The third-order valence-electron chi connectivity index (χ3n) is 4.71. The van der Waals surface area contributed by atoms with E-state index in [2.05, 4.69) is 10.3 Å². The zero-order valence-corrected chi connectivity index (χ0v) is 17.0. The number of carbonyl (C=O) groups is 2. The van der Waals surface area contributed by atoms with E-state index in [1.807, 2.05) is 52.7 Å². The number of nitrogens with zero attached hydrogens (tertiary/aromatic N) is 2. The van der Waals surface area contributed by atoms with Crippen LogP contribution in [-0.2, 0) is 16.0 Å². The van der Waals surface area contributed by atoms with Gasteiger partial charge in [0.15, 0.2) is 4.34 Å². The van der Waals surface area contributed by atoms with Crippen LogP contribution in [0.15, 0.2) is 52.2 Å². The number of amides is 2. The number of thiazole rings is 1. The highest BCUT2D eigenvalue weighted by Crippen LogP contribution is 2.26. The van der Waals surface area contributed by atoms with Gasteiger partial charge in [0.05, 0.1) is 17.9 Å². The van der Waals surface area contributed by atoms with Gasteiger partial charge in [-0.15, -0.1) is 11.3 Å². The van der Waals surface area contributed by atoms with Gasteiger partial charge in [-0.25, -0.2) is 4.98 Å². The standard InChI is InChI=1S/C21H21N3O2S2/c25-19(23-18-9-5-7-15-6-1-2-8-17(15)18)14-28-21-22-16(13-27-21)12-20(26)24-10-3-4-11-24/h1-2,5-9,13H,3-4,10-12,14H2,(H,23,25). The Labute approximate surface area is 172 Å². The number of aromatic nitrogens is 1. The molecule has 1 fully saturated rings. The molecule has 0 aliphatic carbocycles. The molecule has 0 unspecified atom stereocenters. The molecule has 1 aliphatic heterocycles. The summed E-state index contributed by atoms with van der Waals surface area (Å²) in [6.45, 7) is 1.72. The second-order valence-electron chi connectivity index (χ2n) is 6.73. The average molecular weight is 412 g/mol. The molecule has 0 spiro atoms. The zero-order valence-electron chi connectivity index (χ0n) is 15.4. The van der Waals surface area contributed by atoms with Crippen molar-refractivity contribution in [1.29, 1.82) is 0 Å². The minimum atomic E-state index is -0.0637. The van der Waals surface area contributed by atoms with Crippen LogP contribution in [0.25, 0.3) is 10.8 Å². The molecule has 4 rings (SSSR count). The van der Waals surface area contributed by atoms with Crippen molar-refractivity contribution >= 4 is 51.4 Å². The molecular weight excluding hydrogens is 390 g/mol. The molecule has 28 heavy (non-hydrogen) atoms. The number of anilines is 1. The number of rotatable bonds is 6. The number of benzene rings is 2. The van der Waals surface area contributed by atoms with Gasteiger partial charge in [-0.1, -0.05) is 48.2 Å². The normalized spacial score (nSPS) is 13.8. The number of hydrogen-bond acceptors (Lipinski definition) is 5. The van der Waals surface area contributed by atoms with Gasteiger partial charge < -0.3 is 10.2 Å². The van der Waals surface area contributed by atoms with Crippen LogP contribution in [0, 0.1) is 0 Å². The predicted octanol–water partition coefficient (Wildman–Crippen LogP) is 4.19. The first-order valence-electron chi connectivity index (χ1n) is 9.31. The van der Waals surface area contributed by atoms with Crippen molar-refractivity contribution < 1.29 is 9.59 Å². The summed E-state index contributed by atoms with van der Waals surface area (Å²) in [6.07, 6.45) is 2.53. The van der Waals surface area contributed by atoms with Gasteiger partial charge in [0.1, 0.15) is 0 Å². The lowest BCUT2D eigenvalue weighted by Gasteiger charge is -2.13. The Morgan fingerprint density at radius 3 is 2.75 bits per heavy atom. The van der Waals surface area contributed by atoms with Crippen molar-refractivity contribution in [1.82, 2.24) is 9.88 Å². The van der Waals surface area contributed by atoms with E-state index in [0.29, 0.717) is 6.42 Å². The van der Waals surface area contributed by atoms with E-state index in [1.165, 1.54) is 23.1 Å². The van der Waals surface area contributed by atoms with Gasteiger partial charge in [-0.05, 0) is 24.3 Å². The Morgan fingerprint density at radius 2 is 1.89 bits per heavy atom. The lowest BCUT2D eigenvalue weighted by Crippen LogP contribution is -2.29. The van der Waals surface area contributed by atoms with Gasteiger partial charge in [0, 0.05) is 29.5 Å². The molecule has 1 aromatic heterocycles. The summed E-state index contributed by atoms with van der Waals surface area (Å²) in [6, 6.07) is 13.9. The maximum Gasteiger partial charge on any atom is 0.234 e. The van der Waals surface area contributed by atoms with Crippen LogP contribution >= 0.6 is 23.1 Å². The second kappa shape index (κ2) is 8.75. The molecule has 2 aromatic carbocycles. The second-order valence-corrected chi connectivity index (χ2v) is 8.81. The van der Waals surface area contributed by atoms with Gasteiger partial charge in [0.25, 0.3) is 0 Å². The Morgan fingerprint density at radius 1 is 1.11 bits per heavy atom. The van der Waals surface area contributed by atoms with Crippen molar-refractivity contribution in [2.45, 2.75) is 23.6 Å². The van der Waals surface area contributed by atoms with Crippen molar-refractivity contribution in [3.05, 3.63) is 53.5 Å². The van der Waals surface area contributed by atoms with E-state index in [0.717, 1.165) is 52.4 Å². The highest BCUT2D eigenvalue weighted by molar-refractivity contribution is 8.01. The first kappa shape index (κ1) is 19.0. The maximum absolute atomic E-state index is 12.4. The summed E-state index contributed by atoms with van der Waals surface area (Å²) in [5.74, 6) is 0.371. The monoisotopic (exact) mass is 411 g/mol. The molecule has 1 saturated heterocycles. The maximum atomic E-state index is 12.4. The van der Waals surface area contributed by atoms with Gasteiger partial charge in [-0.3, -0.25) is 9.59 Å². The quantitative estimate of drug-likeness (QED) is 0.618. The van der Waals surface area contributed by atoms with E-state index in [-0.39, 0.29) is 17.6 Å². The minimum absolute atomic E-state index is 0.0637. The SMILES string of the molecule is O=C(CSc1nc(CC(=O)N2CCCC2)cs1)Nc1cccc2ccccc12. The fourth-order valence-corrected chi connectivity index (χ4v) is 4.96. The number of likely N-dealkylation sites (tertiary alicyclic amines) is 1. The predicted molar refractivity (Wildman–Crippen MR) is 115 cm³/mol. The van der Waals surface area contributed by atoms with Crippen LogP contribution in [0.5, 0.6) is 0 Å². The topological polar surface area (TPSA) is 62.3 Å².